The van der Waals surface area contributed by atoms with Crippen LogP contribution in [-0.4, -0.2) is 22.3 Å². The average Bonchev–Trinajstić information content (AvgIpc) is 2.35. The van der Waals surface area contributed by atoms with Gasteiger partial charge in [-0.1, -0.05) is 12.2 Å². The quantitative estimate of drug-likeness (QED) is 0.747. The topological polar surface area (TPSA) is 66.8 Å². The van der Waals surface area contributed by atoms with E-state index in [9.17, 15) is 9.90 Å². The van der Waals surface area contributed by atoms with Gasteiger partial charge in [0.15, 0.2) is 0 Å². The molecule has 0 amide bonds. The van der Waals surface area contributed by atoms with Gasteiger partial charge in [-0.3, -0.25) is 0 Å². The van der Waals surface area contributed by atoms with Crippen LogP contribution in [0.15, 0.2) is 31.4 Å². The molecular formula is C16H20O4. The molecule has 1 aromatic rings. The highest BCUT2D eigenvalue weighted by Gasteiger charge is 2.20. The summed E-state index contributed by atoms with van der Waals surface area (Å²) in [5, 5.41) is 19.1. The summed E-state index contributed by atoms with van der Waals surface area (Å²) in [5.74, 6) is -0.912. The number of benzene rings is 1. The Kier molecular flexibility index (Phi) is 5.38. The molecule has 0 atom stereocenters. The number of carboxylic acids is 1. The van der Waals surface area contributed by atoms with Crippen LogP contribution in [0.2, 0.25) is 0 Å². The second-order valence-electron chi connectivity index (χ2n) is 4.63. The van der Waals surface area contributed by atoms with Crippen molar-refractivity contribution < 1.29 is 19.7 Å². The highest BCUT2D eigenvalue weighted by molar-refractivity contribution is 5.93. The van der Waals surface area contributed by atoms with Crippen molar-refractivity contribution in [2.24, 2.45) is 0 Å². The summed E-state index contributed by atoms with van der Waals surface area (Å²) in [7, 11) is 0. The molecule has 0 fully saturated rings. The fourth-order valence-electron chi connectivity index (χ4n) is 2.00. The maximum Gasteiger partial charge on any atom is 0.339 e. The van der Waals surface area contributed by atoms with E-state index in [1.54, 1.807) is 32.1 Å². The first-order valence-electron chi connectivity index (χ1n) is 6.37. The summed E-state index contributed by atoms with van der Waals surface area (Å²) >= 11 is 0. The molecule has 1 rings (SSSR count). The van der Waals surface area contributed by atoms with Crippen LogP contribution in [0.5, 0.6) is 11.5 Å². The third-order valence-electron chi connectivity index (χ3n) is 3.07. The van der Waals surface area contributed by atoms with Crippen molar-refractivity contribution in [3.63, 3.8) is 0 Å². The molecule has 0 unspecified atom stereocenters. The van der Waals surface area contributed by atoms with E-state index in [0.717, 1.165) is 0 Å². The second-order valence-corrected chi connectivity index (χ2v) is 4.63. The predicted octanol–water partition coefficient (Wildman–Crippen LogP) is 3.61. The van der Waals surface area contributed by atoms with Crippen LogP contribution >= 0.6 is 0 Å². The van der Waals surface area contributed by atoms with Gasteiger partial charge >= 0.3 is 5.97 Å². The van der Waals surface area contributed by atoms with E-state index < -0.39 is 5.97 Å². The van der Waals surface area contributed by atoms with Crippen LogP contribution in [0.25, 0.3) is 0 Å². The van der Waals surface area contributed by atoms with E-state index in [0.29, 0.717) is 29.7 Å². The number of carboxylic acid groups (broad SMARTS) is 1. The summed E-state index contributed by atoms with van der Waals surface area (Å²) < 4.78 is 5.83. The monoisotopic (exact) mass is 276 g/mol. The van der Waals surface area contributed by atoms with Gasteiger partial charge in [-0.2, -0.15) is 0 Å². The largest absolute Gasteiger partial charge is 0.507 e. The van der Waals surface area contributed by atoms with Crippen LogP contribution in [0, 0.1) is 13.8 Å². The molecule has 4 heteroatoms. The Balaban J connectivity index is 3.16. The van der Waals surface area contributed by atoms with Crippen molar-refractivity contribution in [2.75, 3.05) is 0 Å². The van der Waals surface area contributed by atoms with Gasteiger partial charge in [0, 0.05) is 18.4 Å². The lowest BCUT2D eigenvalue weighted by Crippen LogP contribution is -2.16. The summed E-state index contributed by atoms with van der Waals surface area (Å²) in [4.78, 5) is 11.1. The van der Waals surface area contributed by atoms with E-state index in [-0.39, 0.29) is 17.4 Å². The lowest BCUT2D eigenvalue weighted by Gasteiger charge is -2.20. The number of aromatic carboxylic acids is 1. The minimum atomic E-state index is -1.15. The molecule has 0 spiro atoms. The SMILES string of the molecule is C=CCC(CC=C)Oc1cc(C)c(C(=O)O)c(O)c1C. The lowest BCUT2D eigenvalue weighted by molar-refractivity contribution is 0.0692. The molecule has 0 aliphatic carbocycles. The molecule has 2 N–H and O–H groups in total. The minimum Gasteiger partial charge on any atom is -0.507 e. The van der Waals surface area contributed by atoms with Gasteiger partial charge in [0.2, 0.25) is 0 Å². The minimum absolute atomic E-state index is 0.0844. The first-order chi connectivity index (χ1) is 9.42. The van der Waals surface area contributed by atoms with Crippen molar-refractivity contribution in [1.82, 2.24) is 0 Å². The number of hydrogen-bond donors (Lipinski definition) is 2. The van der Waals surface area contributed by atoms with Crippen LogP contribution in [0.4, 0.5) is 0 Å². The predicted molar refractivity (Wildman–Crippen MR) is 78.6 cm³/mol. The second kappa shape index (κ2) is 6.80. The Morgan fingerprint density at radius 3 is 2.35 bits per heavy atom. The Bertz CT molecular complexity index is 522. The highest BCUT2D eigenvalue weighted by Crippen LogP contribution is 2.34. The van der Waals surface area contributed by atoms with Crippen molar-refractivity contribution in [2.45, 2.75) is 32.8 Å². The molecule has 0 radical (unpaired) electrons. The maximum absolute atomic E-state index is 11.1. The van der Waals surface area contributed by atoms with Gasteiger partial charge in [0.1, 0.15) is 23.2 Å². The summed E-state index contributed by atoms with van der Waals surface area (Å²) in [6.45, 7) is 10.6. The van der Waals surface area contributed by atoms with Gasteiger partial charge < -0.3 is 14.9 Å². The van der Waals surface area contributed by atoms with Crippen molar-refractivity contribution in [3.05, 3.63) is 48.1 Å². The number of aryl methyl sites for hydroxylation is 1. The smallest absolute Gasteiger partial charge is 0.339 e. The molecule has 20 heavy (non-hydrogen) atoms. The van der Waals surface area contributed by atoms with E-state index in [1.807, 2.05) is 0 Å². The number of ether oxygens (including phenoxy) is 1. The van der Waals surface area contributed by atoms with Gasteiger partial charge in [0.05, 0.1) is 0 Å². The van der Waals surface area contributed by atoms with Crippen LogP contribution < -0.4 is 4.74 Å². The molecule has 1 aromatic carbocycles. The molecule has 0 bridgehead atoms. The lowest BCUT2D eigenvalue weighted by atomic mass is 10.0. The standard InChI is InChI=1S/C16H20O4/c1-5-7-12(8-6-2)20-13-9-10(3)14(16(18)19)15(17)11(13)4/h5-6,9,12,17H,1-2,7-8H2,3-4H3,(H,18,19). The fraction of sp³-hybridized carbons (Fsp3) is 0.312. The molecule has 4 nitrogen and oxygen atoms in total. The zero-order valence-electron chi connectivity index (χ0n) is 11.8. The van der Waals surface area contributed by atoms with E-state index in [2.05, 4.69) is 13.2 Å². The summed E-state index contributed by atoms with van der Waals surface area (Å²) in [6, 6.07) is 1.64. The molecule has 0 aliphatic heterocycles. The van der Waals surface area contributed by atoms with Crippen LogP contribution in [-0.2, 0) is 0 Å². The molecule has 0 aliphatic rings. The first-order valence-corrected chi connectivity index (χ1v) is 6.37. The van der Waals surface area contributed by atoms with Gasteiger partial charge in [-0.15, -0.1) is 13.2 Å². The Morgan fingerprint density at radius 2 is 1.90 bits per heavy atom. The normalized spacial score (nSPS) is 10.3. The molecule has 0 heterocycles. The van der Waals surface area contributed by atoms with Gasteiger partial charge in [0.25, 0.3) is 0 Å². The summed E-state index contributed by atoms with van der Waals surface area (Å²) in [6.07, 6.45) is 4.67. The number of hydrogen-bond acceptors (Lipinski definition) is 3. The number of phenols is 1. The number of aromatic hydroxyl groups is 1. The average molecular weight is 276 g/mol. The first kappa shape index (κ1) is 15.8. The van der Waals surface area contributed by atoms with Crippen molar-refractivity contribution in [3.8, 4) is 11.5 Å². The molecule has 108 valence electrons. The van der Waals surface area contributed by atoms with Crippen molar-refractivity contribution in [1.29, 1.82) is 0 Å². The Labute approximate surface area is 119 Å². The zero-order chi connectivity index (χ0) is 15.3. The van der Waals surface area contributed by atoms with Gasteiger partial charge in [-0.25, -0.2) is 4.79 Å². The third-order valence-corrected chi connectivity index (χ3v) is 3.07. The fourth-order valence-corrected chi connectivity index (χ4v) is 2.00. The maximum atomic E-state index is 11.1. The van der Waals surface area contributed by atoms with E-state index in [1.165, 1.54) is 0 Å². The molecule has 0 aromatic heterocycles. The third kappa shape index (κ3) is 3.41. The Hall–Kier alpha value is -2.23. The van der Waals surface area contributed by atoms with Crippen LogP contribution in [0.1, 0.15) is 34.3 Å². The number of carbonyl (C=O) groups is 1. The molecular weight excluding hydrogens is 256 g/mol. The van der Waals surface area contributed by atoms with Gasteiger partial charge in [-0.05, 0) is 25.5 Å². The van der Waals surface area contributed by atoms with E-state index >= 15 is 0 Å². The molecule has 0 saturated heterocycles. The molecule has 0 saturated carbocycles. The summed E-state index contributed by atoms with van der Waals surface area (Å²) in [5.41, 5.74) is 0.802. The van der Waals surface area contributed by atoms with Crippen LogP contribution in [0.3, 0.4) is 0 Å². The zero-order valence-corrected chi connectivity index (χ0v) is 11.8. The van der Waals surface area contributed by atoms with E-state index in [4.69, 9.17) is 9.84 Å². The highest BCUT2D eigenvalue weighted by atomic mass is 16.5. The van der Waals surface area contributed by atoms with Crippen molar-refractivity contribution >= 4 is 5.97 Å². The Morgan fingerprint density at radius 1 is 1.35 bits per heavy atom. The number of rotatable bonds is 7.